The summed E-state index contributed by atoms with van der Waals surface area (Å²) >= 11 is 0. The van der Waals surface area contributed by atoms with E-state index in [1.165, 1.54) is 17.0 Å². The lowest BCUT2D eigenvalue weighted by molar-refractivity contribution is 0.123. The number of carbonyl (C=O) groups is 1. The quantitative estimate of drug-likeness (QED) is 0.636. The van der Waals surface area contributed by atoms with Gasteiger partial charge in [-0.15, -0.1) is 0 Å². The zero-order chi connectivity index (χ0) is 16.8. The van der Waals surface area contributed by atoms with Crippen LogP contribution in [0.1, 0.15) is 30.2 Å². The average Bonchev–Trinajstić information content (AvgIpc) is 2.95. The van der Waals surface area contributed by atoms with Crippen molar-refractivity contribution in [1.82, 2.24) is 25.4 Å². The first-order valence-electron chi connectivity index (χ1n) is 7.37. The number of hydrogen-bond donors (Lipinski definition) is 4. The van der Waals surface area contributed by atoms with Crippen molar-refractivity contribution in [1.29, 1.82) is 0 Å². The van der Waals surface area contributed by atoms with Gasteiger partial charge in [0, 0.05) is 6.54 Å². The van der Waals surface area contributed by atoms with Crippen LogP contribution in [0.15, 0.2) is 24.3 Å². The van der Waals surface area contributed by atoms with Crippen LogP contribution in [-0.2, 0) is 6.54 Å². The van der Waals surface area contributed by atoms with Crippen molar-refractivity contribution < 1.29 is 15.0 Å². The molecule has 0 unspecified atom stereocenters. The number of aryl methyl sites for hydroxylation is 1. The van der Waals surface area contributed by atoms with E-state index in [0.29, 0.717) is 23.8 Å². The highest BCUT2D eigenvalue weighted by Crippen LogP contribution is 2.19. The Morgan fingerprint density at radius 1 is 1.48 bits per heavy atom. The Kier molecular flexibility index (Phi) is 5.53. The van der Waals surface area contributed by atoms with E-state index in [4.69, 9.17) is 0 Å². The number of aliphatic hydroxyl groups excluding tert-OH is 1. The Morgan fingerprint density at radius 3 is 2.87 bits per heavy atom. The number of phenolic OH excluding ortho intramolecular Hbond substituents is 1. The molecule has 23 heavy (non-hydrogen) atoms. The van der Waals surface area contributed by atoms with E-state index in [0.717, 1.165) is 0 Å². The number of aromatic amines is 1. The van der Waals surface area contributed by atoms with Gasteiger partial charge in [0.15, 0.2) is 5.82 Å². The highest BCUT2D eigenvalue weighted by atomic mass is 16.3. The maximum Gasteiger partial charge on any atom is 0.317 e. The summed E-state index contributed by atoms with van der Waals surface area (Å²) in [6.45, 7) is 4.38. The third-order valence-corrected chi connectivity index (χ3v) is 3.36. The number of aromatic hydroxyl groups is 1. The van der Waals surface area contributed by atoms with Gasteiger partial charge in [-0.2, -0.15) is 5.10 Å². The molecule has 4 N–H and O–H groups in total. The van der Waals surface area contributed by atoms with E-state index in [1.54, 1.807) is 19.1 Å². The molecule has 0 aliphatic carbocycles. The van der Waals surface area contributed by atoms with Gasteiger partial charge in [-0.05, 0) is 31.5 Å². The van der Waals surface area contributed by atoms with E-state index in [9.17, 15) is 15.0 Å². The molecule has 0 aliphatic heterocycles. The zero-order valence-corrected chi connectivity index (χ0v) is 13.2. The summed E-state index contributed by atoms with van der Waals surface area (Å²) in [6, 6.07) is 6.04. The van der Waals surface area contributed by atoms with Crippen LogP contribution in [0.5, 0.6) is 5.75 Å². The molecular formula is C15H21N5O3. The Morgan fingerprint density at radius 2 is 2.26 bits per heavy atom. The first-order chi connectivity index (χ1) is 11.0. The van der Waals surface area contributed by atoms with E-state index in [-0.39, 0.29) is 24.9 Å². The molecule has 0 aliphatic rings. The second kappa shape index (κ2) is 7.59. The molecular weight excluding hydrogens is 298 g/mol. The van der Waals surface area contributed by atoms with Gasteiger partial charge in [0.2, 0.25) is 0 Å². The summed E-state index contributed by atoms with van der Waals surface area (Å²) in [6.07, 6.45) is -0.876. The van der Waals surface area contributed by atoms with Crippen molar-refractivity contribution in [3.05, 3.63) is 41.5 Å². The third-order valence-electron chi connectivity index (χ3n) is 3.36. The number of benzene rings is 1. The number of nitrogens with one attached hydrogen (secondary N) is 2. The molecule has 0 fully saturated rings. The first kappa shape index (κ1) is 16.8. The van der Waals surface area contributed by atoms with E-state index < -0.39 is 6.10 Å². The topological polar surface area (TPSA) is 114 Å². The Bertz CT molecular complexity index is 658. The summed E-state index contributed by atoms with van der Waals surface area (Å²) in [4.78, 5) is 17.8. The van der Waals surface area contributed by atoms with Crippen LogP contribution in [0.3, 0.4) is 0 Å². The van der Waals surface area contributed by atoms with Gasteiger partial charge >= 0.3 is 6.03 Å². The molecule has 8 heteroatoms. The fourth-order valence-corrected chi connectivity index (χ4v) is 2.14. The SMILES string of the molecule is CCN(C[C@@H](O)c1cccc(O)c1)C(=O)NCc1n[nH]c(C)n1. The van der Waals surface area contributed by atoms with Crippen LogP contribution in [0.4, 0.5) is 4.79 Å². The minimum Gasteiger partial charge on any atom is -0.508 e. The number of carbonyl (C=O) groups excluding carboxylic acids is 1. The van der Waals surface area contributed by atoms with Crippen LogP contribution < -0.4 is 5.32 Å². The number of rotatable bonds is 6. The number of amides is 2. The molecule has 0 spiro atoms. The number of hydrogen-bond acceptors (Lipinski definition) is 5. The minimum absolute atomic E-state index is 0.0778. The lowest BCUT2D eigenvalue weighted by Crippen LogP contribution is -2.41. The lowest BCUT2D eigenvalue weighted by Gasteiger charge is -2.24. The number of urea groups is 1. The highest BCUT2D eigenvalue weighted by molar-refractivity contribution is 5.74. The Labute approximate surface area is 134 Å². The van der Waals surface area contributed by atoms with Crippen molar-refractivity contribution >= 4 is 6.03 Å². The van der Waals surface area contributed by atoms with Crippen LogP contribution in [0.2, 0.25) is 0 Å². The normalized spacial score (nSPS) is 12.0. The highest BCUT2D eigenvalue weighted by Gasteiger charge is 2.18. The lowest BCUT2D eigenvalue weighted by atomic mass is 10.1. The standard InChI is InChI=1S/C15H21N5O3/c1-3-20(9-13(22)11-5-4-6-12(21)7-11)15(23)16-8-14-17-10(2)18-19-14/h4-7,13,21-22H,3,8-9H2,1-2H3,(H,16,23)(H,17,18,19)/t13-/m1/s1. The zero-order valence-electron chi connectivity index (χ0n) is 13.2. The van der Waals surface area contributed by atoms with Crippen LogP contribution in [0, 0.1) is 6.92 Å². The van der Waals surface area contributed by atoms with Crippen LogP contribution in [-0.4, -0.2) is 49.4 Å². The fraction of sp³-hybridized carbons (Fsp3) is 0.400. The van der Waals surface area contributed by atoms with Crippen LogP contribution >= 0.6 is 0 Å². The smallest absolute Gasteiger partial charge is 0.317 e. The molecule has 2 aromatic rings. The van der Waals surface area contributed by atoms with Gasteiger partial charge in [-0.1, -0.05) is 12.1 Å². The molecule has 1 aromatic heterocycles. The van der Waals surface area contributed by atoms with E-state index in [2.05, 4.69) is 20.5 Å². The predicted octanol–water partition coefficient (Wildman–Crippen LogP) is 1.08. The second-order valence-corrected chi connectivity index (χ2v) is 5.15. The molecule has 0 radical (unpaired) electrons. The fourth-order valence-electron chi connectivity index (χ4n) is 2.14. The van der Waals surface area contributed by atoms with Crippen molar-refractivity contribution in [3.63, 3.8) is 0 Å². The van der Waals surface area contributed by atoms with Crippen molar-refractivity contribution in [2.45, 2.75) is 26.5 Å². The molecule has 1 heterocycles. The van der Waals surface area contributed by atoms with Gasteiger partial charge < -0.3 is 20.4 Å². The van der Waals surface area contributed by atoms with Gasteiger partial charge in [0.05, 0.1) is 19.2 Å². The average molecular weight is 319 g/mol. The number of nitrogens with zero attached hydrogens (tertiary/aromatic N) is 3. The number of H-pyrrole nitrogens is 1. The molecule has 0 bridgehead atoms. The minimum atomic E-state index is -0.876. The second-order valence-electron chi connectivity index (χ2n) is 5.15. The Hall–Kier alpha value is -2.61. The van der Waals surface area contributed by atoms with Crippen molar-refractivity contribution in [2.75, 3.05) is 13.1 Å². The molecule has 8 nitrogen and oxygen atoms in total. The number of phenols is 1. The number of aromatic nitrogens is 3. The monoisotopic (exact) mass is 319 g/mol. The van der Waals surface area contributed by atoms with E-state index >= 15 is 0 Å². The maximum absolute atomic E-state index is 12.2. The first-order valence-corrected chi connectivity index (χ1v) is 7.37. The molecule has 1 atom stereocenters. The van der Waals surface area contributed by atoms with E-state index in [1.807, 2.05) is 6.92 Å². The molecule has 2 amide bonds. The van der Waals surface area contributed by atoms with Crippen molar-refractivity contribution in [3.8, 4) is 5.75 Å². The molecule has 1 aromatic carbocycles. The summed E-state index contributed by atoms with van der Waals surface area (Å²) < 4.78 is 0. The number of aliphatic hydroxyl groups is 1. The van der Waals surface area contributed by atoms with Crippen LogP contribution in [0.25, 0.3) is 0 Å². The summed E-state index contributed by atoms with van der Waals surface area (Å²) in [5, 5.41) is 29.0. The summed E-state index contributed by atoms with van der Waals surface area (Å²) in [5.74, 6) is 1.26. The molecule has 0 saturated heterocycles. The summed E-state index contributed by atoms with van der Waals surface area (Å²) in [7, 11) is 0. The molecule has 2 rings (SSSR count). The van der Waals surface area contributed by atoms with Gasteiger partial charge in [0.1, 0.15) is 11.6 Å². The Balaban J connectivity index is 1.91. The predicted molar refractivity (Wildman–Crippen MR) is 83.7 cm³/mol. The molecule has 0 saturated carbocycles. The third kappa shape index (κ3) is 4.68. The van der Waals surface area contributed by atoms with Gasteiger partial charge in [0.25, 0.3) is 0 Å². The van der Waals surface area contributed by atoms with Gasteiger partial charge in [-0.25, -0.2) is 9.78 Å². The summed E-state index contributed by atoms with van der Waals surface area (Å²) in [5.41, 5.74) is 0.556. The maximum atomic E-state index is 12.2. The van der Waals surface area contributed by atoms with Gasteiger partial charge in [-0.3, -0.25) is 5.10 Å². The largest absolute Gasteiger partial charge is 0.508 e. The number of likely N-dealkylation sites (N-methyl/N-ethyl adjacent to an activating group) is 1. The molecule has 124 valence electrons. The van der Waals surface area contributed by atoms with Crippen molar-refractivity contribution in [2.24, 2.45) is 0 Å².